The highest BCUT2D eigenvalue weighted by atomic mass is 32.1. The van der Waals surface area contributed by atoms with Gasteiger partial charge in [0.15, 0.2) is 0 Å². The molecule has 2 bridgehead atoms. The smallest absolute Gasteiger partial charge is 0.0660 e. The molecule has 2 N–H and O–H groups in total. The van der Waals surface area contributed by atoms with E-state index in [1.165, 1.54) is 199 Å². The number of hydrogen-bond acceptors (Lipinski definition) is 2. The van der Waals surface area contributed by atoms with Crippen LogP contribution in [0, 0.1) is 57.2 Å². The van der Waals surface area contributed by atoms with E-state index >= 15 is 0 Å². The lowest BCUT2D eigenvalue weighted by Gasteiger charge is -2.43. The van der Waals surface area contributed by atoms with Gasteiger partial charge in [-0.05, 0) is 147 Å². The Morgan fingerprint density at radius 2 is 1.09 bits per heavy atom. The minimum atomic E-state index is 0.252. The van der Waals surface area contributed by atoms with E-state index in [2.05, 4.69) is 41.5 Å². The summed E-state index contributed by atoms with van der Waals surface area (Å²) in [5.41, 5.74) is 8.18. The molecule has 8 unspecified atom stereocenters. The van der Waals surface area contributed by atoms with Crippen molar-refractivity contribution in [3.8, 4) is 0 Å². The monoisotopic (exact) mass is 778 g/mol. The third-order valence-corrected chi connectivity index (χ3v) is 17.8. The first-order chi connectivity index (χ1) is 26.4. The first-order valence-corrected chi connectivity index (χ1v) is 25.8. The number of fused-ring (bicyclic) bond motifs is 4. The molecule has 0 heterocycles. The van der Waals surface area contributed by atoms with Crippen molar-refractivity contribution in [1.29, 1.82) is 0 Å². The lowest BCUT2D eigenvalue weighted by molar-refractivity contribution is 0.0855. The normalized spacial score (nSPS) is 39.8. The molecule has 55 heavy (non-hydrogen) atoms. The van der Waals surface area contributed by atoms with Gasteiger partial charge in [0.25, 0.3) is 0 Å². The summed E-state index contributed by atoms with van der Waals surface area (Å²) in [6.07, 6.45) is 44.3. The highest BCUT2D eigenvalue weighted by Crippen LogP contribution is 2.52. The highest BCUT2D eigenvalue weighted by molar-refractivity contribution is 7.80. The maximum atomic E-state index is 6.70. The minimum absolute atomic E-state index is 0.252. The largest absolute Gasteiger partial charge is 0.330 e. The zero-order valence-electron chi connectivity index (χ0n) is 38.4. The predicted octanol–water partition coefficient (Wildman–Crippen LogP) is 15.9. The Labute approximate surface area is 355 Å². The Morgan fingerprint density at radius 1 is 0.564 bits per heavy atom. The Bertz CT molecular complexity index is 992. The summed E-state index contributed by atoms with van der Waals surface area (Å²) in [5, 5.41) is 0. The van der Waals surface area contributed by atoms with Crippen LogP contribution in [-0.4, -0.2) is 28.0 Å². The van der Waals surface area contributed by atoms with Crippen molar-refractivity contribution in [2.75, 3.05) is 12.3 Å². The van der Waals surface area contributed by atoms with E-state index in [-0.39, 0.29) is 5.41 Å². The van der Waals surface area contributed by atoms with Crippen molar-refractivity contribution >= 4 is 28.3 Å². The van der Waals surface area contributed by atoms with Gasteiger partial charge in [-0.2, -0.15) is 12.6 Å². The highest BCUT2D eigenvalue weighted by Gasteiger charge is 2.42. The summed E-state index contributed by atoms with van der Waals surface area (Å²) in [6.45, 7) is 16.0. The molecule has 3 saturated carbocycles. The molecule has 0 amide bonds. The molecule has 3 fully saturated rings. The van der Waals surface area contributed by atoms with Crippen molar-refractivity contribution < 1.29 is 0 Å². The molecule has 0 aromatic rings. The molecule has 4 radical (unpaired) electrons. The fourth-order valence-electron chi connectivity index (χ4n) is 12.6. The van der Waals surface area contributed by atoms with Gasteiger partial charge in [0.2, 0.25) is 0 Å². The molecule has 10 atom stereocenters. The number of nitrogens with two attached hydrogens (primary N) is 1. The summed E-state index contributed by atoms with van der Waals surface area (Å²) in [4.78, 5) is 0. The van der Waals surface area contributed by atoms with E-state index in [1.807, 2.05) is 0 Å². The van der Waals surface area contributed by atoms with E-state index in [9.17, 15) is 0 Å². The summed E-state index contributed by atoms with van der Waals surface area (Å²) in [6, 6.07) is 0. The molecular formula is C51H97B2NS. The van der Waals surface area contributed by atoms with E-state index in [1.54, 1.807) is 0 Å². The molecule has 3 aliphatic rings. The lowest BCUT2D eigenvalue weighted by atomic mass is 9.61. The molecule has 0 aromatic heterocycles. The maximum absolute atomic E-state index is 6.70. The van der Waals surface area contributed by atoms with Crippen molar-refractivity contribution in [1.82, 2.24) is 0 Å². The fraction of sp³-hybridized carbons (Fsp3) is 1.00. The van der Waals surface area contributed by atoms with Crippen LogP contribution in [0.2, 0.25) is 12.6 Å². The van der Waals surface area contributed by atoms with Gasteiger partial charge in [-0.1, -0.05) is 176 Å². The average molecular weight is 778 g/mol. The van der Waals surface area contributed by atoms with Crippen LogP contribution in [0.1, 0.15) is 241 Å². The summed E-state index contributed by atoms with van der Waals surface area (Å²) in [5.74, 6) is 6.33. The van der Waals surface area contributed by atoms with Gasteiger partial charge in [0.1, 0.15) is 0 Å². The molecule has 3 rings (SSSR count). The van der Waals surface area contributed by atoms with Crippen molar-refractivity contribution in [2.24, 2.45) is 62.9 Å². The predicted molar refractivity (Wildman–Crippen MR) is 252 cm³/mol. The van der Waals surface area contributed by atoms with Gasteiger partial charge in [-0.15, -0.1) is 0 Å². The zero-order valence-corrected chi connectivity index (χ0v) is 39.3. The van der Waals surface area contributed by atoms with Crippen LogP contribution < -0.4 is 5.73 Å². The first kappa shape index (κ1) is 49.8. The average Bonchev–Trinajstić information content (AvgIpc) is 3.91. The summed E-state index contributed by atoms with van der Waals surface area (Å²) in [7, 11) is 13.0. The third-order valence-electron chi connectivity index (χ3n) is 17.5. The fourth-order valence-corrected chi connectivity index (χ4v) is 13.0. The van der Waals surface area contributed by atoms with E-state index in [4.69, 9.17) is 34.1 Å². The molecule has 0 aliphatic heterocycles. The van der Waals surface area contributed by atoms with Crippen LogP contribution in [0.4, 0.5) is 0 Å². The molecule has 4 heteroatoms. The molecule has 3 aliphatic carbocycles. The van der Waals surface area contributed by atoms with Crippen LogP contribution in [0.15, 0.2) is 0 Å². The Hall–Kier alpha value is 0.440. The maximum Gasteiger partial charge on any atom is 0.0660 e. The van der Waals surface area contributed by atoms with E-state index in [0.29, 0.717) is 16.2 Å². The van der Waals surface area contributed by atoms with E-state index in [0.717, 1.165) is 60.4 Å². The number of hydrogen-bond donors (Lipinski definition) is 2. The van der Waals surface area contributed by atoms with Crippen LogP contribution in [0.3, 0.4) is 0 Å². The third kappa shape index (κ3) is 17.1. The van der Waals surface area contributed by atoms with Crippen molar-refractivity contribution in [3.05, 3.63) is 0 Å². The van der Waals surface area contributed by atoms with Gasteiger partial charge in [-0.25, -0.2) is 0 Å². The second-order valence-corrected chi connectivity index (χ2v) is 22.3. The summed E-state index contributed by atoms with van der Waals surface area (Å²) >= 11 is 4.83. The second kappa shape index (κ2) is 25.9. The molecular weight excluding hydrogens is 680 g/mol. The number of rotatable bonds is 9. The van der Waals surface area contributed by atoms with Crippen molar-refractivity contribution in [2.45, 2.75) is 253 Å². The molecule has 0 aromatic carbocycles. The minimum Gasteiger partial charge on any atom is -0.330 e. The van der Waals surface area contributed by atoms with Crippen LogP contribution in [0.5, 0.6) is 0 Å². The zero-order chi connectivity index (χ0) is 40.2. The second-order valence-electron chi connectivity index (χ2n) is 21.8. The van der Waals surface area contributed by atoms with Gasteiger partial charge < -0.3 is 5.73 Å². The van der Waals surface area contributed by atoms with Gasteiger partial charge in [0, 0.05) is 0 Å². The lowest BCUT2D eigenvalue weighted by Crippen LogP contribution is -2.32. The van der Waals surface area contributed by atoms with Crippen molar-refractivity contribution in [3.63, 3.8) is 0 Å². The first-order valence-electron chi connectivity index (χ1n) is 25.1. The van der Waals surface area contributed by atoms with Crippen LogP contribution in [-0.2, 0) is 0 Å². The standard InChI is InChI=1S/C51H97B2NS/c1-7-48(4)29-14-9-11-21-43-22-12-10-15-31-49(5,40-53)34-20-36-51(8-2,35-17-23-43)45(27-37-52)25-18-32-50(6,41-54)33-19-26-46(47-39-42(47)3)44(28-38-55)24-13-16-30-48/h42-47,55H,7-41,54H2,1-6H3/t42?,43?,44?,45-,46?,47?,48?,49?,50?,51+/m1/s1. The molecule has 318 valence electrons. The Kier molecular flexibility index (Phi) is 23.5. The van der Waals surface area contributed by atoms with E-state index < -0.39 is 0 Å². The summed E-state index contributed by atoms with van der Waals surface area (Å²) < 4.78 is 0. The number of thiol groups is 1. The molecule has 0 saturated heterocycles. The topological polar surface area (TPSA) is 26.0 Å². The van der Waals surface area contributed by atoms with Crippen LogP contribution in [0.25, 0.3) is 0 Å². The quantitative estimate of drug-likeness (QED) is 0.177. The molecule has 0 spiro atoms. The van der Waals surface area contributed by atoms with Gasteiger partial charge in [-0.3, -0.25) is 0 Å². The Morgan fingerprint density at radius 3 is 1.65 bits per heavy atom. The molecule has 1 nitrogen and oxygen atoms in total. The van der Waals surface area contributed by atoms with Gasteiger partial charge >= 0.3 is 0 Å². The van der Waals surface area contributed by atoms with Gasteiger partial charge in [0.05, 0.1) is 15.7 Å². The Balaban J connectivity index is 1.86. The van der Waals surface area contributed by atoms with Crippen LogP contribution >= 0.6 is 12.6 Å². The SMILES string of the molecule is [B]CC[C@H]1CCCC(C)(CN)CCCC(C2CC2C)C(CCS)CCCCC(C)(CC)CCCCCC2CCCCCC(C)(C[B])CCC[C@]1(CC)CCC2.